The fraction of sp³-hybridized carbons (Fsp3) is 0.353. The minimum atomic E-state index is -0.194. The van der Waals surface area contributed by atoms with Crippen LogP contribution in [0.1, 0.15) is 24.6 Å². The van der Waals surface area contributed by atoms with Gasteiger partial charge in [-0.05, 0) is 61.7 Å². The van der Waals surface area contributed by atoms with E-state index in [1.165, 1.54) is 6.07 Å². The molecular weight excluding hydrogens is 287 g/mol. The Morgan fingerprint density at radius 3 is 2.86 bits per heavy atom. The molecule has 2 nitrogen and oxygen atoms in total. The average molecular weight is 307 g/mol. The van der Waals surface area contributed by atoms with E-state index in [-0.39, 0.29) is 11.9 Å². The molecule has 0 amide bonds. The summed E-state index contributed by atoms with van der Waals surface area (Å²) in [6, 6.07) is 10.8. The molecule has 2 rings (SSSR count). The van der Waals surface area contributed by atoms with Crippen molar-refractivity contribution < 1.29 is 4.39 Å². The maximum atomic E-state index is 13.8. The van der Waals surface area contributed by atoms with Gasteiger partial charge in [0.05, 0.1) is 0 Å². The molecule has 1 aromatic carbocycles. The zero-order chi connectivity index (χ0) is 15.1. The molecule has 1 heterocycles. The van der Waals surface area contributed by atoms with Crippen LogP contribution in [-0.4, -0.2) is 17.6 Å². The summed E-state index contributed by atoms with van der Waals surface area (Å²) in [6.45, 7) is 2.91. The summed E-state index contributed by atoms with van der Waals surface area (Å²) >= 11 is 5.95. The van der Waals surface area contributed by atoms with Gasteiger partial charge in [-0.15, -0.1) is 0 Å². The Morgan fingerprint density at radius 2 is 2.14 bits per heavy atom. The van der Waals surface area contributed by atoms with Gasteiger partial charge in [0.15, 0.2) is 0 Å². The van der Waals surface area contributed by atoms with Gasteiger partial charge >= 0.3 is 0 Å². The number of hydrogen-bond donors (Lipinski definition) is 1. The van der Waals surface area contributed by atoms with E-state index < -0.39 is 0 Å². The Morgan fingerprint density at radius 1 is 1.29 bits per heavy atom. The van der Waals surface area contributed by atoms with Crippen LogP contribution in [0.5, 0.6) is 0 Å². The second-order valence-electron chi connectivity index (χ2n) is 5.05. The van der Waals surface area contributed by atoms with Crippen molar-refractivity contribution in [2.45, 2.75) is 32.2 Å². The molecule has 0 fully saturated rings. The highest BCUT2D eigenvalue weighted by Gasteiger charge is 2.12. The summed E-state index contributed by atoms with van der Waals surface area (Å²) in [5.41, 5.74) is 1.72. The van der Waals surface area contributed by atoms with Crippen LogP contribution in [0.15, 0.2) is 42.6 Å². The Bertz CT molecular complexity index is 560. The predicted molar refractivity (Wildman–Crippen MR) is 85.1 cm³/mol. The van der Waals surface area contributed by atoms with Crippen LogP contribution in [-0.2, 0) is 12.8 Å². The van der Waals surface area contributed by atoms with E-state index in [1.807, 2.05) is 18.2 Å². The lowest BCUT2D eigenvalue weighted by Crippen LogP contribution is -2.31. The molecule has 4 heteroatoms. The molecule has 0 bridgehead atoms. The van der Waals surface area contributed by atoms with Crippen LogP contribution in [0.3, 0.4) is 0 Å². The van der Waals surface area contributed by atoms with Crippen molar-refractivity contribution in [3.8, 4) is 0 Å². The van der Waals surface area contributed by atoms with Crippen LogP contribution in [0.2, 0.25) is 5.02 Å². The molecule has 2 aromatic rings. The zero-order valence-corrected chi connectivity index (χ0v) is 12.9. The van der Waals surface area contributed by atoms with Gasteiger partial charge in [0.2, 0.25) is 0 Å². The Kier molecular flexibility index (Phi) is 6.15. The third-order valence-corrected chi connectivity index (χ3v) is 3.68. The topological polar surface area (TPSA) is 24.9 Å². The summed E-state index contributed by atoms with van der Waals surface area (Å²) < 4.78 is 13.8. The van der Waals surface area contributed by atoms with Gasteiger partial charge in [-0.2, -0.15) is 0 Å². The quantitative estimate of drug-likeness (QED) is 0.835. The summed E-state index contributed by atoms with van der Waals surface area (Å²) in [5, 5.41) is 3.99. The monoisotopic (exact) mass is 306 g/mol. The molecule has 0 aliphatic carbocycles. The van der Waals surface area contributed by atoms with Crippen LogP contribution >= 0.6 is 11.6 Å². The van der Waals surface area contributed by atoms with Gasteiger partial charge in [0.25, 0.3) is 0 Å². The SMILES string of the molecule is CCNC(CCc1ccccn1)Cc1cc(Cl)ccc1F. The number of nitrogens with zero attached hydrogens (tertiary/aromatic N) is 1. The number of benzene rings is 1. The molecule has 21 heavy (non-hydrogen) atoms. The smallest absolute Gasteiger partial charge is 0.126 e. The van der Waals surface area contributed by atoms with Crippen molar-refractivity contribution in [2.75, 3.05) is 6.54 Å². The highest BCUT2D eigenvalue weighted by atomic mass is 35.5. The van der Waals surface area contributed by atoms with Gasteiger partial charge in [0.1, 0.15) is 5.82 Å². The number of rotatable bonds is 7. The van der Waals surface area contributed by atoms with Gasteiger partial charge in [-0.25, -0.2) is 4.39 Å². The molecule has 1 aromatic heterocycles. The Balaban J connectivity index is 2.00. The molecule has 1 atom stereocenters. The molecule has 1 N–H and O–H groups in total. The molecule has 0 aliphatic rings. The first-order valence-electron chi connectivity index (χ1n) is 7.26. The Hall–Kier alpha value is -1.45. The van der Waals surface area contributed by atoms with E-state index in [0.717, 1.165) is 25.1 Å². The third-order valence-electron chi connectivity index (χ3n) is 3.44. The maximum absolute atomic E-state index is 13.8. The van der Waals surface area contributed by atoms with E-state index in [4.69, 9.17) is 11.6 Å². The van der Waals surface area contributed by atoms with Crippen molar-refractivity contribution >= 4 is 11.6 Å². The first kappa shape index (κ1) is 15.9. The molecule has 0 saturated carbocycles. The third kappa shape index (κ3) is 5.10. The zero-order valence-electron chi connectivity index (χ0n) is 12.2. The van der Waals surface area contributed by atoms with E-state index in [2.05, 4.69) is 17.2 Å². The molecule has 112 valence electrons. The molecule has 0 spiro atoms. The number of nitrogens with one attached hydrogen (secondary N) is 1. The normalized spacial score (nSPS) is 12.3. The lowest BCUT2D eigenvalue weighted by atomic mass is 10.00. The van der Waals surface area contributed by atoms with Crippen LogP contribution < -0.4 is 5.32 Å². The van der Waals surface area contributed by atoms with Crippen molar-refractivity contribution in [1.29, 1.82) is 0 Å². The lowest BCUT2D eigenvalue weighted by molar-refractivity contribution is 0.478. The number of aromatic nitrogens is 1. The summed E-state index contributed by atoms with van der Waals surface area (Å²) in [6.07, 6.45) is 4.22. The first-order valence-corrected chi connectivity index (χ1v) is 7.64. The largest absolute Gasteiger partial charge is 0.314 e. The lowest BCUT2D eigenvalue weighted by Gasteiger charge is -2.18. The van der Waals surface area contributed by atoms with Crippen molar-refractivity contribution in [2.24, 2.45) is 0 Å². The van der Waals surface area contributed by atoms with Crippen LogP contribution in [0, 0.1) is 5.82 Å². The summed E-state index contributed by atoms with van der Waals surface area (Å²) in [5.74, 6) is -0.194. The second-order valence-corrected chi connectivity index (χ2v) is 5.49. The van der Waals surface area contributed by atoms with Crippen molar-refractivity contribution in [3.63, 3.8) is 0 Å². The number of pyridine rings is 1. The van der Waals surface area contributed by atoms with E-state index in [9.17, 15) is 4.39 Å². The van der Waals surface area contributed by atoms with Crippen LogP contribution in [0.25, 0.3) is 0 Å². The predicted octanol–water partition coefficient (Wildman–Crippen LogP) is 4.03. The second kappa shape index (κ2) is 8.11. The van der Waals surface area contributed by atoms with E-state index in [1.54, 1.807) is 18.3 Å². The highest BCUT2D eigenvalue weighted by Crippen LogP contribution is 2.17. The number of aryl methyl sites for hydroxylation is 1. The fourth-order valence-corrected chi connectivity index (χ4v) is 2.59. The van der Waals surface area contributed by atoms with Gasteiger partial charge < -0.3 is 5.32 Å². The van der Waals surface area contributed by atoms with Gasteiger partial charge in [-0.3, -0.25) is 4.98 Å². The minimum absolute atomic E-state index is 0.194. The molecule has 0 saturated heterocycles. The maximum Gasteiger partial charge on any atom is 0.126 e. The fourth-order valence-electron chi connectivity index (χ4n) is 2.40. The molecule has 0 radical (unpaired) electrons. The summed E-state index contributed by atoms with van der Waals surface area (Å²) in [7, 11) is 0. The van der Waals surface area contributed by atoms with E-state index in [0.29, 0.717) is 17.0 Å². The number of halogens is 2. The molecule has 0 aliphatic heterocycles. The number of hydrogen-bond acceptors (Lipinski definition) is 2. The Labute approximate surface area is 130 Å². The highest BCUT2D eigenvalue weighted by molar-refractivity contribution is 6.30. The van der Waals surface area contributed by atoms with Gasteiger partial charge in [0, 0.05) is 23.0 Å². The molecule has 1 unspecified atom stereocenters. The number of likely N-dealkylation sites (N-methyl/N-ethyl adjacent to an activating group) is 1. The average Bonchev–Trinajstić information content (AvgIpc) is 2.50. The first-order chi connectivity index (χ1) is 10.2. The molecular formula is C17H20ClFN2. The van der Waals surface area contributed by atoms with Crippen molar-refractivity contribution in [1.82, 2.24) is 10.3 Å². The van der Waals surface area contributed by atoms with Crippen molar-refractivity contribution in [3.05, 3.63) is 64.7 Å². The minimum Gasteiger partial charge on any atom is -0.314 e. The van der Waals surface area contributed by atoms with E-state index >= 15 is 0 Å². The van der Waals surface area contributed by atoms with Gasteiger partial charge in [-0.1, -0.05) is 24.6 Å². The summed E-state index contributed by atoms with van der Waals surface area (Å²) in [4.78, 5) is 4.33. The standard InChI is InChI=1S/C17H20ClFN2/c1-2-20-16(8-7-15-5-3-4-10-21-15)12-13-11-14(18)6-9-17(13)19/h3-6,9-11,16,20H,2,7-8,12H2,1H3. The van der Waals surface area contributed by atoms with Crippen LogP contribution in [0.4, 0.5) is 4.39 Å².